The third kappa shape index (κ3) is 7.18. The molecule has 0 spiro atoms. The molecule has 1 aromatic carbocycles. The van der Waals surface area contributed by atoms with Crippen molar-refractivity contribution in [3.8, 4) is 0 Å². The number of hydrogen-bond donors (Lipinski definition) is 3. The average molecular weight is 411 g/mol. The second-order valence-corrected chi connectivity index (χ2v) is 9.20. The first kappa shape index (κ1) is 21.2. The Labute approximate surface area is 164 Å². The molecule has 0 radical (unpaired) electrons. The highest BCUT2D eigenvalue weighted by atomic mass is 32.2. The highest BCUT2D eigenvalue weighted by Crippen LogP contribution is 2.19. The van der Waals surface area contributed by atoms with Crippen molar-refractivity contribution >= 4 is 38.8 Å². The molecule has 0 aliphatic carbocycles. The fourth-order valence-corrected chi connectivity index (χ4v) is 4.34. The zero-order valence-electron chi connectivity index (χ0n) is 15.8. The lowest BCUT2D eigenvalue weighted by Gasteiger charge is -2.10. The number of nitrogens with one attached hydrogen (secondary N) is 3. The van der Waals surface area contributed by atoms with Crippen LogP contribution in [0.25, 0.3) is 0 Å². The number of amides is 2. The summed E-state index contributed by atoms with van der Waals surface area (Å²) < 4.78 is 26.2. The molecule has 27 heavy (non-hydrogen) atoms. The zero-order valence-corrected chi connectivity index (χ0v) is 17.4. The summed E-state index contributed by atoms with van der Waals surface area (Å²) in [7, 11) is -3.36. The fraction of sp³-hybridized carbons (Fsp3) is 0.444. The van der Waals surface area contributed by atoms with Gasteiger partial charge in [-0.1, -0.05) is 26.8 Å². The molecule has 1 aromatic heterocycles. The number of nitrogens with zero attached hydrogens (tertiary/aromatic N) is 1. The van der Waals surface area contributed by atoms with Crippen LogP contribution >= 0.6 is 11.3 Å². The lowest BCUT2D eigenvalue weighted by molar-refractivity contribution is 0.252. The van der Waals surface area contributed by atoms with Crippen molar-refractivity contribution < 1.29 is 13.2 Å². The van der Waals surface area contributed by atoms with Crippen molar-refractivity contribution in [2.45, 2.75) is 39.5 Å². The lowest BCUT2D eigenvalue weighted by Crippen LogP contribution is -2.30. The molecular weight excluding hydrogens is 384 g/mol. The molecule has 0 aliphatic rings. The van der Waals surface area contributed by atoms with Gasteiger partial charge in [0, 0.05) is 30.0 Å². The molecule has 2 aromatic rings. The second-order valence-electron chi connectivity index (χ2n) is 6.46. The first-order valence-corrected chi connectivity index (χ1v) is 11.4. The van der Waals surface area contributed by atoms with Crippen molar-refractivity contribution in [1.29, 1.82) is 0 Å². The highest BCUT2D eigenvalue weighted by Gasteiger charge is 2.10. The van der Waals surface area contributed by atoms with Gasteiger partial charge in [0.2, 0.25) is 10.0 Å². The number of benzene rings is 1. The Morgan fingerprint density at radius 3 is 2.67 bits per heavy atom. The molecule has 2 amide bonds. The zero-order chi connectivity index (χ0) is 19.9. The van der Waals surface area contributed by atoms with Gasteiger partial charge in [0.25, 0.3) is 0 Å². The average Bonchev–Trinajstić information content (AvgIpc) is 3.03. The number of carbonyl (C=O) groups excluding carboxylic acids is 1. The molecule has 3 N–H and O–H groups in total. The molecule has 0 aliphatic heterocycles. The third-order valence-electron chi connectivity index (χ3n) is 3.60. The van der Waals surface area contributed by atoms with Crippen molar-refractivity contribution in [1.82, 2.24) is 10.3 Å². The second kappa shape index (κ2) is 9.70. The van der Waals surface area contributed by atoms with E-state index in [2.05, 4.69) is 34.2 Å². The normalized spacial score (nSPS) is 11.4. The van der Waals surface area contributed by atoms with E-state index in [9.17, 15) is 13.2 Å². The minimum atomic E-state index is -3.36. The summed E-state index contributed by atoms with van der Waals surface area (Å²) in [6.45, 7) is 6.47. The van der Waals surface area contributed by atoms with E-state index in [1.165, 1.54) is 0 Å². The van der Waals surface area contributed by atoms with Crippen LogP contribution in [-0.4, -0.2) is 31.7 Å². The molecule has 1 heterocycles. The molecule has 9 heteroatoms. The van der Waals surface area contributed by atoms with Gasteiger partial charge < -0.3 is 10.6 Å². The lowest BCUT2D eigenvalue weighted by atomic mass is 10.2. The number of carbonyl (C=O) groups is 1. The maximum atomic E-state index is 12.0. The van der Waals surface area contributed by atoms with Crippen LogP contribution in [0.5, 0.6) is 0 Å². The highest BCUT2D eigenvalue weighted by molar-refractivity contribution is 7.92. The van der Waals surface area contributed by atoms with Crippen LogP contribution in [0.15, 0.2) is 29.6 Å². The van der Waals surface area contributed by atoms with E-state index in [0.29, 0.717) is 36.7 Å². The number of hydrogen-bond acceptors (Lipinski definition) is 5. The molecule has 148 valence electrons. The standard InChI is InChI=1S/C18H26N4O3S2/c1-4-10-27(24,25)22-15-7-5-6-14(11-15)21-18(23)19-9-8-16-12-26-17(20-16)13(2)3/h5-7,11-13,22H,4,8-10H2,1-3H3,(H2,19,21,23). The van der Waals surface area contributed by atoms with Gasteiger partial charge >= 0.3 is 6.03 Å². The summed E-state index contributed by atoms with van der Waals surface area (Å²) in [5.41, 5.74) is 1.90. The van der Waals surface area contributed by atoms with E-state index in [-0.39, 0.29) is 11.8 Å². The van der Waals surface area contributed by atoms with E-state index in [1.54, 1.807) is 42.5 Å². The Morgan fingerprint density at radius 1 is 1.26 bits per heavy atom. The number of aromatic nitrogens is 1. The largest absolute Gasteiger partial charge is 0.337 e. The van der Waals surface area contributed by atoms with Crippen LogP contribution < -0.4 is 15.4 Å². The minimum Gasteiger partial charge on any atom is -0.337 e. The Bertz CT molecular complexity index is 863. The summed E-state index contributed by atoms with van der Waals surface area (Å²) in [4.78, 5) is 16.6. The van der Waals surface area contributed by atoms with Crippen LogP contribution in [0.1, 0.15) is 43.8 Å². The van der Waals surface area contributed by atoms with Gasteiger partial charge in [0.05, 0.1) is 22.1 Å². The van der Waals surface area contributed by atoms with Crippen molar-refractivity contribution in [3.63, 3.8) is 0 Å². The molecule has 0 bridgehead atoms. The quantitative estimate of drug-likeness (QED) is 0.586. The predicted octanol–water partition coefficient (Wildman–Crippen LogP) is 3.78. The van der Waals surface area contributed by atoms with E-state index >= 15 is 0 Å². The van der Waals surface area contributed by atoms with Crippen LogP contribution in [0.4, 0.5) is 16.2 Å². The maximum absolute atomic E-state index is 12.0. The maximum Gasteiger partial charge on any atom is 0.319 e. The topological polar surface area (TPSA) is 100 Å². The van der Waals surface area contributed by atoms with Gasteiger partial charge in [-0.2, -0.15) is 0 Å². The molecule has 0 saturated heterocycles. The van der Waals surface area contributed by atoms with E-state index in [4.69, 9.17) is 0 Å². The first-order valence-electron chi connectivity index (χ1n) is 8.88. The van der Waals surface area contributed by atoms with Gasteiger partial charge in [-0.15, -0.1) is 11.3 Å². The van der Waals surface area contributed by atoms with Crippen LogP contribution in [-0.2, 0) is 16.4 Å². The summed E-state index contributed by atoms with van der Waals surface area (Å²) >= 11 is 1.63. The van der Waals surface area contributed by atoms with Crippen molar-refractivity contribution in [2.24, 2.45) is 0 Å². The Hall–Kier alpha value is -2.13. The SMILES string of the molecule is CCCS(=O)(=O)Nc1cccc(NC(=O)NCCc2csc(C(C)C)n2)c1. The number of rotatable bonds is 9. The fourth-order valence-electron chi connectivity index (χ4n) is 2.34. The van der Waals surface area contributed by atoms with Crippen LogP contribution in [0, 0.1) is 0 Å². The van der Waals surface area contributed by atoms with Crippen molar-refractivity contribution in [3.05, 3.63) is 40.3 Å². The summed E-state index contributed by atoms with van der Waals surface area (Å²) in [5, 5.41) is 8.60. The Kier molecular flexibility index (Phi) is 7.61. The van der Waals surface area contributed by atoms with Gasteiger partial charge in [-0.05, 0) is 24.6 Å². The molecule has 7 nitrogen and oxygen atoms in total. The van der Waals surface area contributed by atoms with Gasteiger partial charge in [-0.3, -0.25) is 4.72 Å². The van der Waals surface area contributed by atoms with Gasteiger partial charge in [-0.25, -0.2) is 18.2 Å². The van der Waals surface area contributed by atoms with Crippen molar-refractivity contribution in [2.75, 3.05) is 22.3 Å². The Morgan fingerprint density at radius 2 is 2.00 bits per heavy atom. The smallest absolute Gasteiger partial charge is 0.319 e. The third-order valence-corrected chi connectivity index (χ3v) is 6.28. The number of sulfonamides is 1. The van der Waals surface area contributed by atoms with Gasteiger partial charge in [0.15, 0.2) is 0 Å². The monoisotopic (exact) mass is 410 g/mol. The molecule has 0 saturated carbocycles. The predicted molar refractivity (Wildman–Crippen MR) is 111 cm³/mol. The number of urea groups is 1. The number of anilines is 2. The Balaban J connectivity index is 1.83. The molecule has 0 fully saturated rings. The van der Waals surface area contributed by atoms with Crippen LogP contribution in [0.3, 0.4) is 0 Å². The van der Waals surface area contributed by atoms with E-state index < -0.39 is 10.0 Å². The molecule has 2 rings (SSSR count). The minimum absolute atomic E-state index is 0.0558. The summed E-state index contributed by atoms with van der Waals surface area (Å²) in [5.74, 6) is 0.460. The number of thiazole rings is 1. The first-order chi connectivity index (χ1) is 12.8. The summed E-state index contributed by atoms with van der Waals surface area (Å²) in [6.07, 6.45) is 1.20. The van der Waals surface area contributed by atoms with Gasteiger partial charge in [0.1, 0.15) is 0 Å². The van der Waals surface area contributed by atoms with Crippen LogP contribution in [0.2, 0.25) is 0 Å². The molecular formula is C18H26N4O3S2. The molecule has 0 atom stereocenters. The summed E-state index contributed by atoms with van der Waals surface area (Å²) in [6, 6.07) is 6.27. The molecule has 0 unspecified atom stereocenters. The van der Waals surface area contributed by atoms with E-state index in [0.717, 1.165) is 10.7 Å². The van der Waals surface area contributed by atoms with E-state index in [1.807, 2.05) is 5.38 Å².